The molecule has 1 aliphatic rings. The van der Waals surface area contributed by atoms with Crippen molar-refractivity contribution >= 4 is 6.29 Å². The first-order valence-corrected chi connectivity index (χ1v) is 6.31. The summed E-state index contributed by atoms with van der Waals surface area (Å²) in [6, 6.07) is 0. The van der Waals surface area contributed by atoms with E-state index in [0.29, 0.717) is 12.4 Å². The number of aldehydes is 1. The Morgan fingerprint density at radius 3 is 2.88 bits per heavy atom. The number of nitrogens with zero attached hydrogens (tertiary/aromatic N) is 3. The minimum Gasteiger partial charge on any atom is -0.338 e. The van der Waals surface area contributed by atoms with Gasteiger partial charge in [-0.1, -0.05) is 12.1 Å². The molecule has 1 aromatic heterocycles. The number of piperidine rings is 1. The fourth-order valence-corrected chi connectivity index (χ4v) is 2.12. The van der Waals surface area contributed by atoms with Crippen LogP contribution in [0.2, 0.25) is 0 Å². The van der Waals surface area contributed by atoms with Crippen molar-refractivity contribution in [2.75, 3.05) is 13.1 Å². The Kier molecular flexibility index (Phi) is 4.25. The van der Waals surface area contributed by atoms with Crippen LogP contribution >= 0.6 is 0 Å². The van der Waals surface area contributed by atoms with E-state index in [4.69, 9.17) is 4.52 Å². The van der Waals surface area contributed by atoms with Crippen LogP contribution in [-0.2, 0) is 17.8 Å². The number of hydrogen-bond acceptors (Lipinski definition) is 5. The highest BCUT2D eigenvalue weighted by Crippen LogP contribution is 2.16. The van der Waals surface area contributed by atoms with E-state index in [-0.39, 0.29) is 5.92 Å². The first-order valence-electron chi connectivity index (χ1n) is 6.31. The SMILES string of the molecule is CCCc1noc(CN2CCC(C=O)CC2)n1. The predicted molar refractivity (Wildman–Crippen MR) is 62.4 cm³/mol. The normalized spacial score (nSPS) is 18.4. The Bertz CT molecular complexity index is 356. The Morgan fingerprint density at radius 1 is 1.47 bits per heavy atom. The lowest BCUT2D eigenvalue weighted by atomic mass is 9.99. The Hall–Kier alpha value is -1.23. The van der Waals surface area contributed by atoms with Gasteiger partial charge in [0.25, 0.3) is 0 Å². The molecule has 94 valence electrons. The van der Waals surface area contributed by atoms with Gasteiger partial charge in [-0.3, -0.25) is 4.90 Å². The Labute approximate surface area is 101 Å². The molecule has 0 unspecified atom stereocenters. The van der Waals surface area contributed by atoms with Crippen LogP contribution in [0.15, 0.2) is 4.52 Å². The monoisotopic (exact) mass is 237 g/mol. The molecule has 1 fully saturated rings. The number of hydrogen-bond donors (Lipinski definition) is 0. The lowest BCUT2D eigenvalue weighted by Gasteiger charge is -2.27. The molecule has 1 aromatic rings. The van der Waals surface area contributed by atoms with Crippen LogP contribution in [0.1, 0.15) is 37.9 Å². The van der Waals surface area contributed by atoms with E-state index >= 15 is 0 Å². The lowest BCUT2D eigenvalue weighted by molar-refractivity contribution is -0.112. The minimum absolute atomic E-state index is 0.240. The summed E-state index contributed by atoms with van der Waals surface area (Å²) in [5.74, 6) is 1.73. The van der Waals surface area contributed by atoms with E-state index in [1.807, 2.05) is 0 Å². The van der Waals surface area contributed by atoms with E-state index in [1.54, 1.807) is 0 Å². The second-order valence-corrected chi connectivity index (χ2v) is 4.60. The van der Waals surface area contributed by atoms with Gasteiger partial charge in [0.05, 0.1) is 6.54 Å². The van der Waals surface area contributed by atoms with Crippen molar-refractivity contribution in [3.05, 3.63) is 11.7 Å². The first kappa shape index (κ1) is 12.2. The average molecular weight is 237 g/mol. The Balaban J connectivity index is 1.82. The van der Waals surface area contributed by atoms with Crippen molar-refractivity contribution in [3.63, 3.8) is 0 Å². The summed E-state index contributed by atoms with van der Waals surface area (Å²) in [5, 5.41) is 3.93. The lowest BCUT2D eigenvalue weighted by Crippen LogP contribution is -2.33. The quantitative estimate of drug-likeness (QED) is 0.725. The maximum Gasteiger partial charge on any atom is 0.240 e. The largest absolute Gasteiger partial charge is 0.338 e. The number of rotatable bonds is 5. The Morgan fingerprint density at radius 2 is 2.24 bits per heavy atom. The summed E-state index contributed by atoms with van der Waals surface area (Å²) in [5.41, 5.74) is 0. The molecule has 0 amide bonds. The van der Waals surface area contributed by atoms with Gasteiger partial charge in [-0.05, 0) is 32.4 Å². The molecule has 0 atom stereocenters. The van der Waals surface area contributed by atoms with E-state index in [1.165, 1.54) is 0 Å². The van der Waals surface area contributed by atoms with Gasteiger partial charge in [0.1, 0.15) is 6.29 Å². The second kappa shape index (κ2) is 5.91. The van der Waals surface area contributed by atoms with Gasteiger partial charge < -0.3 is 9.32 Å². The van der Waals surface area contributed by atoms with E-state index < -0.39 is 0 Å². The third-order valence-electron chi connectivity index (χ3n) is 3.17. The van der Waals surface area contributed by atoms with E-state index in [2.05, 4.69) is 22.0 Å². The van der Waals surface area contributed by atoms with E-state index in [0.717, 1.165) is 50.9 Å². The zero-order chi connectivity index (χ0) is 12.1. The van der Waals surface area contributed by atoms with Gasteiger partial charge >= 0.3 is 0 Å². The predicted octanol–water partition coefficient (Wildman–Crippen LogP) is 1.43. The van der Waals surface area contributed by atoms with Crippen LogP contribution in [-0.4, -0.2) is 34.4 Å². The number of carbonyl (C=O) groups excluding carboxylic acids is 1. The van der Waals surface area contributed by atoms with Crippen LogP contribution in [0, 0.1) is 5.92 Å². The molecule has 5 heteroatoms. The third kappa shape index (κ3) is 3.36. The van der Waals surface area contributed by atoms with Crippen molar-refractivity contribution in [2.24, 2.45) is 5.92 Å². The van der Waals surface area contributed by atoms with Gasteiger partial charge in [-0.25, -0.2) is 0 Å². The molecule has 0 N–H and O–H groups in total. The molecule has 2 rings (SSSR count). The van der Waals surface area contributed by atoms with Crippen molar-refractivity contribution in [2.45, 2.75) is 39.2 Å². The molecular formula is C12H19N3O2. The fourth-order valence-electron chi connectivity index (χ4n) is 2.12. The van der Waals surface area contributed by atoms with Crippen molar-refractivity contribution in [3.8, 4) is 0 Å². The zero-order valence-corrected chi connectivity index (χ0v) is 10.3. The number of likely N-dealkylation sites (tertiary alicyclic amines) is 1. The molecule has 0 spiro atoms. The molecule has 1 saturated heterocycles. The van der Waals surface area contributed by atoms with Crippen molar-refractivity contribution in [1.82, 2.24) is 15.0 Å². The summed E-state index contributed by atoms with van der Waals surface area (Å²) in [6.07, 6.45) is 4.86. The topological polar surface area (TPSA) is 59.2 Å². The van der Waals surface area contributed by atoms with Gasteiger partial charge in [0.2, 0.25) is 5.89 Å². The molecule has 17 heavy (non-hydrogen) atoms. The number of carbonyl (C=O) groups is 1. The highest BCUT2D eigenvalue weighted by atomic mass is 16.5. The van der Waals surface area contributed by atoms with Crippen molar-refractivity contribution < 1.29 is 9.32 Å². The van der Waals surface area contributed by atoms with E-state index in [9.17, 15) is 4.79 Å². The summed E-state index contributed by atoms with van der Waals surface area (Å²) in [6.45, 7) is 4.69. The molecular weight excluding hydrogens is 218 g/mol. The molecule has 1 aliphatic heterocycles. The van der Waals surface area contributed by atoms with Crippen LogP contribution in [0.4, 0.5) is 0 Å². The standard InChI is InChI=1S/C12H19N3O2/c1-2-3-11-13-12(17-14-11)8-15-6-4-10(9-16)5-7-15/h9-10H,2-8H2,1H3. The molecule has 0 saturated carbocycles. The highest BCUT2D eigenvalue weighted by molar-refractivity contribution is 5.53. The zero-order valence-electron chi connectivity index (χ0n) is 10.3. The van der Waals surface area contributed by atoms with Gasteiger partial charge in [0.15, 0.2) is 5.82 Å². The van der Waals surface area contributed by atoms with Gasteiger partial charge in [-0.2, -0.15) is 4.98 Å². The van der Waals surface area contributed by atoms with Gasteiger partial charge in [0, 0.05) is 12.3 Å². The van der Waals surface area contributed by atoms with Crippen LogP contribution in [0.3, 0.4) is 0 Å². The highest BCUT2D eigenvalue weighted by Gasteiger charge is 2.20. The fraction of sp³-hybridized carbons (Fsp3) is 0.750. The summed E-state index contributed by atoms with van der Waals surface area (Å²) < 4.78 is 5.20. The average Bonchev–Trinajstić information content (AvgIpc) is 2.78. The van der Waals surface area contributed by atoms with Crippen molar-refractivity contribution in [1.29, 1.82) is 0 Å². The van der Waals surface area contributed by atoms with Crippen LogP contribution in [0.25, 0.3) is 0 Å². The molecule has 0 aromatic carbocycles. The molecule has 0 aliphatic carbocycles. The molecule has 0 radical (unpaired) electrons. The molecule has 0 bridgehead atoms. The minimum atomic E-state index is 0.240. The van der Waals surface area contributed by atoms with Crippen LogP contribution in [0.5, 0.6) is 0 Å². The second-order valence-electron chi connectivity index (χ2n) is 4.60. The number of aromatic nitrogens is 2. The molecule has 5 nitrogen and oxygen atoms in total. The maximum atomic E-state index is 10.6. The molecule has 2 heterocycles. The van der Waals surface area contributed by atoms with Crippen LogP contribution < -0.4 is 0 Å². The number of aryl methyl sites for hydroxylation is 1. The maximum absolute atomic E-state index is 10.6. The summed E-state index contributed by atoms with van der Waals surface area (Å²) >= 11 is 0. The first-order chi connectivity index (χ1) is 8.31. The summed E-state index contributed by atoms with van der Waals surface area (Å²) in [7, 11) is 0. The smallest absolute Gasteiger partial charge is 0.240 e. The summed E-state index contributed by atoms with van der Waals surface area (Å²) in [4.78, 5) is 17.3. The third-order valence-corrected chi connectivity index (χ3v) is 3.17. The van der Waals surface area contributed by atoms with Gasteiger partial charge in [-0.15, -0.1) is 0 Å².